The summed E-state index contributed by atoms with van der Waals surface area (Å²) in [5.41, 5.74) is 0. The lowest BCUT2D eigenvalue weighted by Crippen LogP contribution is -2.31. The fraction of sp³-hybridized carbons (Fsp3) is 1.00. The van der Waals surface area contributed by atoms with Crippen LogP contribution in [0.3, 0.4) is 0 Å². The van der Waals surface area contributed by atoms with Gasteiger partial charge in [-0.3, -0.25) is 0 Å². The largest absolute Gasteiger partial charge is 0.0881 e. The summed E-state index contributed by atoms with van der Waals surface area (Å²) in [4.78, 5) is 0. The highest BCUT2D eigenvalue weighted by molar-refractivity contribution is 7.68. The Balaban J connectivity index is 2.73. The van der Waals surface area contributed by atoms with E-state index in [1.807, 2.05) is 0 Å². The monoisotopic (exact) mass is 150 g/mol. The highest BCUT2D eigenvalue weighted by Crippen LogP contribution is 1.67. The van der Waals surface area contributed by atoms with Gasteiger partial charge in [0.1, 0.15) is 0 Å². The lowest BCUT2D eigenvalue weighted by molar-refractivity contribution is 1.47. The fourth-order valence-corrected chi connectivity index (χ4v) is 1.56. The van der Waals surface area contributed by atoms with E-state index < -0.39 is 0 Å². The maximum Gasteiger partial charge on any atom is 0.0772 e. The van der Waals surface area contributed by atoms with Crippen LogP contribution in [0.5, 0.6) is 0 Å². The average molecular weight is 148 g/mol. The minimum Gasteiger partial charge on any atom is -0.0881 e. The summed E-state index contributed by atoms with van der Waals surface area (Å²) in [6, 6.07) is 0. The van der Waals surface area contributed by atoms with Gasteiger partial charge in [-0.25, -0.2) is 0 Å². The molecular formula is C2H16B10. The lowest BCUT2D eigenvalue weighted by Gasteiger charge is -1.90. The number of rotatable bonds is 9. The third kappa shape index (κ3) is 10.6. The Labute approximate surface area is 85.0 Å². The standard InChI is InChI=1S/C2H16B10/c1-2-4-6-8-10-12-11-9-7-5-3/h4-12H,2-3H2,1H3. The van der Waals surface area contributed by atoms with Gasteiger partial charge in [0.05, 0.1) is 14.9 Å². The maximum absolute atomic E-state index is 2.28. The first-order valence-electron chi connectivity index (χ1n) is 5.91. The first kappa shape index (κ1) is 12.6. The summed E-state index contributed by atoms with van der Waals surface area (Å²) in [7, 11) is 15.4. The van der Waals surface area contributed by atoms with E-state index in [0.717, 1.165) is 0 Å². The quantitative estimate of drug-likeness (QED) is 0.226. The maximum atomic E-state index is 2.28. The molecule has 0 N–H and O–H groups in total. The smallest absolute Gasteiger partial charge is 0.0772 e. The minimum atomic E-state index is 1.37. The van der Waals surface area contributed by atoms with E-state index in [0.29, 0.717) is 0 Å². The summed E-state index contributed by atoms with van der Waals surface area (Å²) in [5.74, 6) is 0. The molecule has 10 heteroatoms. The second-order valence-electron chi connectivity index (χ2n) is 3.83. The van der Waals surface area contributed by atoms with Crippen molar-refractivity contribution >= 4 is 71.4 Å². The molecule has 0 aromatic heterocycles. The predicted molar refractivity (Wildman–Crippen MR) is 83.4 cm³/mol. The van der Waals surface area contributed by atoms with Crippen molar-refractivity contribution in [2.75, 3.05) is 0 Å². The molecule has 0 unspecified atom stereocenters. The van der Waals surface area contributed by atoms with Gasteiger partial charge in [0.15, 0.2) is 0 Å². The molecule has 0 heterocycles. The van der Waals surface area contributed by atoms with Crippen LogP contribution in [0.2, 0.25) is 6.32 Å². The van der Waals surface area contributed by atoms with Crippen molar-refractivity contribution in [1.82, 2.24) is 0 Å². The van der Waals surface area contributed by atoms with Crippen molar-refractivity contribution in [3.05, 3.63) is 0 Å². The van der Waals surface area contributed by atoms with Gasteiger partial charge in [0.2, 0.25) is 0 Å². The van der Waals surface area contributed by atoms with Crippen LogP contribution in [-0.4, -0.2) is 71.4 Å². The van der Waals surface area contributed by atoms with Gasteiger partial charge in [-0.1, -0.05) is 13.2 Å². The van der Waals surface area contributed by atoms with Crippen LogP contribution in [0, 0.1) is 0 Å². The Hall–Kier alpha value is 0.649. The Bertz CT molecular complexity index is 64.2. The Morgan fingerprint density at radius 2 is 1.33 bits per heavy atom. The summed E-state index contributed by atoms with van der Waals surface area (Å²) in [5, 5.41) is 0. The first-order valence-corrected chi connectivity index (χ1v) is 5.91. The molecule has 0 rings (SSSR count). The van der Waals surface area contributed by atoms with Crippen LogP contribution in [0.1, 0.15) is 6.92 Å². The molecule has 0 aromatic rings. The molecule has 0 amide bonds. The van der Waals surface area contributed by atoms with Gasteiger partial charge in [-0.05, 0) is 0 Å². The fourth-order valence-electron chi connectivity index (χ4n) is 1.56. The molecule has 0 atom stereocenters. The minimum absolute atomic E-state index is 1.37. The zero-order valence-electron chi connectivity index (χ0n) is 9.07. The molecule has 0 bridgehead atoms. The van der Waals surface area contributed by atoms with Crippen molar-refractivity contribution < 1.29 is 0 Å². The SMILES string of the molecule is BBBBBBBBBBCC. The third-order valence-electron chi connectivity index (χ3n) is 2.46. The van der Waals surface area contributed by atoms with Crippen LogP contribution in [0.15, 0.2) is 0 Å². The van der Waals surface area contributed by atoms with Crippen LogP contribution >= 0.6 is 0 Å². The third-order valence-corrected chi connectivity index (χ3v) is 2.46. The topological polar surface area (TPSA) is 0 Å². The molecule has 0 aromatic carbocycles. The Morgan fingerprint density at radius 1 is 0.833 bits per heavy atom. The van der Waals surface area contributed by atoms with E-state index in [-0.39, 0.29) is 0 Å². The van der Waals surface area contributed by atoms with Crippen molar-refractivity contribution in [3.63, 3.8) is 0 Å². The molecule has 0 spiro atoms. The van der Waals surface area contributed by atoms with Gasteiger partial charge in [0.25, 0.3) is 0 Å². The van der Waals surface area contributed by atoms with Gasteiger partial charge in [-0.15, -0.1) is 0 Å². The van der Waals surface area contributed by atoms with Crippen molar-refractivity contribution in [2.45, 2.75) is 13.2 Å². The number of hydrogen-bond donors (Lipinski definition) is 0. The van der Waals surface area contributed by atoms with Gasteiger partial charge < -0.3 is 0 Å². The zero-order chi connectivity index (χ0) is 9.07. The molecule has 0 aliphatic heterocycles. The van der Waals surface area contributed by atoms with Crippen LogP contribution < -0.4 is 0 Å². The summed E-state index contributed by atoms with van der Waals surface area (Å²) >= 11 is 0. The normalized spacial score (nSPS) is 7.42. The van der Waals surface area contributed by atoms with Gasteiger partial charge in [0, 0.05) is 56.5 Å². The van der Waals surface area contributed by atoms with E-state index in [1.54, 1.807) is 0 Å². The predicted octanol–water partition coefficient (Wildman–Crippen LogP) is -5.78. The van der Waals surface area contributed by atoms with E-state index in [9.17, 15) is 0 Å². The highest BCUT2D eigenvalue weighted by atomic mass is 13.3. The summed E-state index contributed by atoms with van der Waals surface area (Å²) in [6.45, 7) is 2.28. The molecule has 0 nitrogen and oxygen atoms in total. The van der Waals surface area contributed by atoms with Crippen molar-refractivity contribution in [1.29, 1.82) is 0 Å². The van der Waals surface area contributed by atoms with E-state index in [1.165, 1.54) is 70.0 Å². The highest BCUT2D eigenvalue weighted by Gasteiger charge is 1.99. The van der Waals surface area contributed by atoms with Crippen LogP contribution in [0.25, 0.3) is 0 Å². The molecule has 0 saturated heterocycles. The Kier molecular flexibility index (Phi) is 12.3. The van der Waals surface area contributed by atoms with Crippen LogP contribution in [0.4, 0.5) is 0 Å². The Morgan fingerprint density at radius 3 is 1.83 bits per heavy atom. The first-order chi connectivity index (χ1) is 5.91. The molecule has 0 fully saturated rings. The van der Waals surface area contributed by atoms with Gasteiger partial charge in [-0.2, -0.15) is 0 Å². The summed E-state index contributed by atoms with van der Waals surface area (Å²) < 4.78 is 0. The number of hydrogen-bond acceptors (Lipinski definition) is 0. The zero-order valence-corrected chi connectivity index (χ0v) is 9.07. The second-order valence-corrected chi connectivity index (χ2v) is 3.83. The molecule has 0 radical (unpaired) electrons. The average Bonchev–Trinajstić information content (AvgIpc) is 2.10. The summed E-state index contributed by atoms with van der Waals surface area (Å²) in [6.07, 6.45) is 1.37. The van der Waals surface area contributed by atoms with Crippen molar-refractivity contribution in [3.8, 4) is 0 Å². The molecule has 0 saturated carbocycles. The van der Waals surface area contributed by atoms with E-state index in [4.69, 9.17) is 0 Å². The van der Waals surface area contributed by atoms with E-state index >= 15 is 0 Å². The molecule has 54 valence electrons. The molecular weight excluding hydrogens is 132 g/mol. The van der Waals surface area contributed by atoms with Crippen molar-refractivity contribution in [2.24, 2.45) is 0 Å². The van der Waals surface area contributed by atoms with E-state index in [2.05, 4.69) is 14.7 Å². The lowest BCUT2D eigenvalue weighted by atomic mass is 8.89. The van der Waals surface area contributed by atoms with Gasteiger partial charge >= 0.3 is 0 Å². The molecule has 0 aliphatic rings. The van der Waals surface area contributed by atoms with Crippen LogP contribution in [-0.2, 0) is 0 Å². The molecule has 12 heavy (non-hydrogen) atoms. The second kappa shape index (κ2) is 11.6. The molecule has 0 aliphatic carbocycles.